The third kappa shape index (κ3) is 2.58. The van der Waals surface area contributed by atoms with Gasteiger partial charge in [-0.3, -0.25) is 0 Å². The summed E-state index contributed by atoms with van der Waals surface area (Å²) >= 11 is 0. The van der Waals surface area contributed by atoms with E-state index in [4.69, 9.17) is 4.74 Å². The lowest BCUT2D eigenvalue weighted by Crippen LogP contribution is -2.16. The summed E-state index contributed by atoms with van der Waals surface area (Å²) in [5.41, 5.74) is 5.06. The van der Waals surface area contributed by atoms with E-state index in [0.29, 0.717) is 0 Å². The maximum atomic E-state index is 6.15. The first-order valence-corrected chi connectivity index (χ1v) is 9.65. The van der Waals surface area contributed by atoms with Gasteiger partial charge in [0.15, 0.2) is 11.5 Å². The smallest absolute Gasteiger partial charge is 0.151 e. The normalized spacial score (nSPS) is 12.2. The molecule has 6 rings (SSSR count). The van der Waals surface area contributed by atoms with Crippen molar-refractivity contribution in [1.82, 2.24) is 19.1 Å². The summed E-state index contributed by atoms with van der Waals surface area (Å²) in [7, 11) is 0. The van der Waals surface area contributed by atoms with Gasteiger partial charge < -0.3 is 18.8 Å². The molecule has 0 N–H and O–H groups in total. The second-order valence-corrected chi connectivity index (χ2v) is 6.99. The molecular formula is C24H17N5O. The molecular weight excluding hydrogens is 374 g/mol. The highest BCUT2D eigenvalue weighted by molar-refractivity contribution is 5.87. The maximum Gasteiger partial charge on any atom is 0.151 e. The Kier molecular flexibility index (Phi) is 3.67. The van der Waals surface area contributed by atoms with Crippen molar-refractivity contribution in [3.63, 3.8) is 0 Å². The van der Waals surface area contributed by atoms with Gasteiger partial charge in [-0.05, 0) is 42.5 Å². The lowest BCUT2D eigenvalue weighted by molar-refractivity contribution is 0.477. The van der Waals surface area contributed by atoms with Gasteiger partial charge in [0.25, 0.3) is 0 Å². The monoisotopic (exact) mass is 391 g/mol. The van der Waals surface area contributed by atoms with Crippen LogP contribution in [-0.4, -0.2) is 19.1 Å². The van der Waals surface area contributed by atoms with Crippen LogP contribution in [0.4, 0.5) is 17.1 Å². The lowest BCUT2D eigenvalue weighted by Gasteiger charge is -2.33. The van der Waals surface area contributed by atoms with E-state index in [1.165, 1.54) is 0 Å². The van der Waals surface area contributed by atoms with E-state index in [-0.39, 0.29) is 0 Å². The predicted molar refractivity (Wildman–Crippen MR) is 115 cm³/mol. The van der Waals surface area contributed by atoms with Gasteiger partial charge in [0.05, 0.1) is 35.4 Å². The molecule has 0 aliphatic carbocycles. The number of imidazole rings is 2. The third-order valence-corrected chi connectivity index (χ3v) is 5.21. The SMILES string of the molecule is c1ccc2c(c1)Oc1ccccc1N2c1ccc(-n2ccnc2)c(-n2ccnc2)c1. The molecule has 30 heavy (non-hydrogen) atoms. The summed E-state index contributed by atoms with van der Waals surface area (Å²) in [4.78, 5) is 10.7. The van der Waals surface area contributed by atoms with Crippen molar-refractivity contribution in [3.8, 4) is 22.9 Å². The standard InChI is InChI=1S/C24H17N5O/c1-3-7-23-20(5-1)29(21-6-2-4-8-24(21)30-23)18-9-10-19(27-13-11-25-16-27)22(15-18)28-14-12-26-17-28/h1-17H. The topological polar surface area (TPSA) is 48.1 Å². The Morgan fingerprint density at radius 2 is 1.20 bits per heavy atom. The second-order valence-electron chi connectivity index (χ2n) is 6.99. The Morgan fingerprint density at radius 1 is 0.600 bits per heavy atom. The highest BCUT2D eigenvalue weighted by atomic mass is 16.5. The number of benzene rings is 3. The zero-order valence-electron chi connectivity index (χ0n) is 16.0. The molecule has 3 heterocycles. The molecule has 0 fully saturated rings. The molecule has 5 aromatic rings. The van der Waals surface area contributed by atoms with Crippen LogP contribution in [0.15, 0.2) is 104 Å². The summed E-state index contributed by atoms with van der Waals surface area (Å²) in [5, 5.41) is 0. The van der Waals surface area contributed by atoms with Crippen molar-refractivity contribution < 1.29 is 4.74 Å². The number of anilines is 3. The van der Waals surface area contributed by atoms with E-state index >= 15 is 0 Å². The third-order valence-electron chi connectivity index (χ3n) is 5.21. The van der Waals surface area contributed by atoms with E-state index in [9.17, 15) is 0 Å². The first-order chi connectivity index (χ1) is 14.9. The second kappa shape index (κ2) is 6.63. The van der Waals surface area contributed by atoms with Crippen molar-refractivity contribution in [2.75, 3.05) is 4.90 Å². The van der Waals surface area contributed by atoms with Gasteiger partial charge in [-0.2, -0.15) is 0 Å². The van der Waals surface area contributed by atoms with Crippen LogP contribution in [0.3, 0.4) is 0 Å². The van der Waals surface area contributed by atoms with E-state index in [1.54, 1.807) is 25.0 Å². The first kappa shape index (κ1) is 16.6. The van der Waals surface area contributed by atoms with E-state index in [1.807, 2.05) is 57.9 Å². The molecule has 144 valence electrons. The highest BCUT2D eigenvalue weighted by Crippen LogP contribution is 2.50. The van der Waals surface area contributed by atoms with Gasteiger partial charge in [0.2, 0.25) is 0 Å². The minimum Gasteiger partial charge on any atom is -0.453 e. The molecule has 0 unspecified atom stereocenters. The van der Waals surface area contributed by atoms with Gasteiger partial charge >= 0.3 is 0 Å². The average Bonchev–Trinajstić information content (AvgIpc) is 3.51. The molecule has 0 spiro atoms. The summed E-state index contributed by atoms with van der Waals surface area (Å²) in [6, 6.07) is 22.6. The van der Waals surface area contributed by atoms with Crippen LogP contribution in [0, 0.1) is 0 Å². The van der Waals surface area contributed by atoms with Gasteiger partial charge in [-0.15, -0.1) is 0 Å². The highest BCUT2D eigenvalue weighted by Gasteiger charge is 2.25. The summed E-state index contributed by atoms with van der Waals surface area (Å²) in [5.74, 6) is 1.66. The Bertz CT molecular complexity index is 1280. The number of aromatic nitrogens is 4. The first-order valence-electron chi connectivity index (χ1n) is 9.65. The molecule has 3 aromatic carbocycles. The summed E-state index contributed by atoms with van der Waals surface area (Å²) in [6.45, 7) is 0. The molecule has 1 aliphatic rings. The van der Waals surface area contributed by atoms with Crippen LogP contribution in [0.25, 0.3) is 11.4 Å². The van der Waals surface area contributed by atoms with E-state index in [0.717, 1.165) is 39.9 Å². The maximum absolute atomic E-state index is 6.15. The van der Waals surface area contributed by atoms with Gasteiger partial charge in [-0.25, -0.2) is 9.97 Å². The number of hydrogen-bond acceptors (Lipinski definition) is 4. The van der Waals surface area contributed by atoms with Gasteiger partial charge in [0.1, 0.15) is 0 Å². The molecule has 0 bridgehead atoms. The Morgan fingerprint density at radius 3 is 1.80 bits per heavy atom. The summed E-state index contributed by atoms with van der Waals surface area (Å²) < 4.78 is 10.2. The molecule has 0 saturated carbocycles. The Balaban J connectivity index is 1.58. The molecule has 6 nitrogen and oxygen atoms in total. The number of ether oxygens (including phenoxy) is 1. The van der Waals surface area contributed by atoms with Crippen LogP contribution in [0.5, 0.6) is 11.5 Å². The largest absolute Gasteiger partial charge is 0.453 e. The number of nitrogens with zero attached hydrogens (tertiary/aromatic N) is 5. The van der Waals surface area contributed by atoms with Crippen molar-refractivity contribution >= 4 is 17.1 Å². The molecule has 6 heteroatoms. The fraction of sp³-hybridized carbons (Fsp3) is 0. The van der Waals surface area contributed by atoms with Crippen LogP contribution >= 0.6 is 0 Å². The molecule has 0 radical (unpaired) electrons. The lowest BCUT2D eigenvalue weighted by atomic mass is 10.1. The van der Waals surface area contributed by atoms with Crippen molar-refractivity contribution in [3.05, 3.63) is 104 Å². The minimum absolute atomic E-state index is 0.832. The predicted octanol–water partition coefficient (Wildman–Crippen LogP) is 5.63. The number of hydrogen-bond donors (Lipinski definition) is 0. The van der Waals surface area contributed by atoms with Crippen LogP contribution in [-0.2, 0) is 0 Å². The number of para-hydroxylation sites is 4. The average molecular weight is 391 g/mol. The molecule has 0 atom stereocenters. The minimum atomic E-state index is 0.832. The fourth-order valence-corrected chi connectivity index (χ4v) is 3.86. The molecule has 1 aliphatic heterocycles. The van der Waals surface area contributed by atoms with Crippen LogP contribution in [0.2, 0.25) is 0 Å². The Hall–Kier alpha value is -4.32. The van der Waals surface area contributed by atoms with Gasteiger partial charge in [0, 0.05) is 30.5 Å². The molecule has 2 aromatic heterocycles. The van der Waals surface area contributed by atoms with Crippen molar-refractivity contribution in [2.45, 2.75) is 0 Å². The van der Waals surface area contributed by atoms with E-state index in [2.05, 4.69) is 45.2 Å². The summed E-state index contributed by atoms with van der Waals surface area (Å²) in [6.07, 6.45) is 11.1. The fourth-order valence-electron chi connectivity index (χ4n) is 3.86. The number of fused-ring (bicyclic) bond motifs is 2. The zero-order valence-corrected chi connectivity index (χ0v) is 16.0. The van der Waals surface area contributed by atoms with Gasteiger partial charge in [-0.1, -0.05) is 24.3 Å². The molecule has 0 amide bonds. The van der Waals surface area contributed by atoms with Crippen molar-refractivity contribution in [2.24, 2.45) is 0 Å². The van der Waals surface area contributed by atoms with Crippen molar-refractivity contribution in [1.29, 1.82) is 0 Å². The quantitative estimate of drug-likeness (QED) is 0.392. The molecule has 0 saturated heterocycles. The van der Waals surface area contributed by atoms with E-state index < -0.39 is 0 Å². The Labute approximate surface area is 173 Å². The van der Waals surface area contributed by atoms with Crippen LogP contribution < -0.4 is 9.64 Å². The zero-order chi connectivity index (χ0) is 19.9. The van der Waals surface area contributed by atoms with Crippen LogP contribution in [0.1, 0.15) is 0 Å². The number of rotatable bonds is 3.